The van der Waals surface area contributed by atoms with E-state index in [2.05, 4.69) is 26.1 Å². The number of hydrogen-bond acceptors (Lipinski definition) is 1. The molecule has 1 nitrogen and oxygen atoms in total. The third-order valence-corrected chi connectivity index (χ3v) is 2.50. The molecule has 0 bridgehead atoms. The minimum atomic E-state index is -0.166. The summed E-state index contributed by atoms with van der Waals surface area (Å²) in [6.45, 7) is 6.33. The van der Waals surface area contributed by atoms with Gasteiger partial charge >= 0.3 is 0 Å². The largest absolute Gasteiger partial charge is 0.308 e. The molecule has 0 aliphatic rings. The fraction of sp³-hybridized carbons (Fsp3) is 0.500. The van der Waals surface area contributed by atoms with Crippen molar-refractivity contribution >= 4 is 0 Å². The Hall–Kier alpha value is -0.890. The van der Waals surface area contributed by atoms with E-state index in [-0.39, 0.29) is 11.9 Å². The van der Waals surface area contributed by atoms with Crippen LogP contribution in [0.15, 0.2) is 24.3 Å². The first kappa shape index (κ1) is 11.2. The van der Waals surface area contributed by atoms with E-state index in [1.54, 1.807) is 12.1 Å². The van der Waals surface area contributed by atoms with Crippen LogP contribution in [0, 0.1) is 5.82 Å². The molecule has 0 spiro atoms. The summed E-state index contributed by atoms with van der Waals surface area (Å²) in [7, 11) is 0. The Balaban J connectivity index is 2.64. The molecule has 0 saturated carbocycles. The molecule has 0 aliphatic carbocycles. The maximum absolute atomic E-state index is 12.9. The molecule has 78 valence electrons. The SMILES string of the molecule is CC[C@H](C)N[C@H](C)c1cccc(F)c1. The quantitative estimate of drug-likeness (QED) is 0.777. The number of halogens is 1. The minimum Gasteiger partial charge on any atom is -0.308 e. The van der Waals surface area contributed by atoms with Crippen molar-refractivity contribution in [3.8, 4) is 0 Å². The summed E-state index contributed by atoms with van der Waals surface area (Å²) in [6.07, 6.45) is 1.08. The van der Waals surface area contributed by atoms with Crippen molar-refractivity contribution in [2.45, 2.75) is 39.3 Å². The van der Waals surface area contributed by atoms with Gasteiger partial charge in [0.2, 0.25) is 0 Å². The van der Waals surface area contributed by atoms with E-state index < -0.39 is 0 Å². The van der Waals surface area contributed by atoms with Gasteiger partial charge in [-0.05, 0) is 38.0 Å². The predicted octanol–water partition coefficient (Wildman–Crippen LogP) is 3.27. The van der Waals surface area contributed by atoms with Gasteiger partial charge in [0.1, 0.15) is 5.82 Å². The molecule has 1 rings (SSSR count). The van der Waals surface area contributed by atoms with Crippen LogP contribution in [0.1, 0.15) is 38.8 Å². The monoisotopic (exact) mass is 195 g/mol. The highest BCUT2D eigenvalue weighted by molar-refractivity contribution is 5.19. The van der Waals surface area contributed by atoms with Crippen molar-refractivity contribution < 1.29 is 4.39 Å². The smallest absolute Gasteiger partial charge is 0.123 e. The van der Waals surface area contributed by atoms with Crippen LogP contribution in [0.3, 0.4) is 0 Å². The molecular formula is C12H18FN. The lowest BCUT2D eigenvalue weighted by Gasteiger charge is -2.19. The second-order valence-electron chi connectivity index (χ2n) is 3.75. The average Bonchev–Trinajstić information content (AvgIpc) is 2.17. The summed E-state index contributed by atoms with van der Waals surface area (Å²) in [4.78, 5) is 0. The lowest BCUT2D eigenvalue weighted by molar-refractivity contribution is 0.467. The van der Waals surface area contributed by atoms with Gasteiger partial charge in [-0.1, -0.05) is 19.1 Å². The Labute approximate surface area is 85.3 Å². The van der Waals surface area contributed by atoms with Gasteiger partial charge in [-0.2, -0.15) is 0 Å². The molecule has 1 aromatic carbocycles. The van der Waals surface area contributed by atoms with Crippen molar-refractivity contribution in [2.24, 2.45) is 0 Å². The normalized spacial score (nSPS) is 15.1. The highest BCUT2D eigenvalue weighted by Gasteiger charge is 2.08. The molecule has 14 heavy (non-hydrogen) atoms. The molecular weight excluding hydrogens is 177 g/mol. The van der Waals surface area contributed by atoms with Crippen LogP contribution in [0.4, 0.5) is 4.39 Å². The summed E-state index contributed by atoms with van der Waals surface area (Å²) in [6, 6.07) is 7.43. The molecule has 0 radical (unpaired) electrons. The molecule has 1 N–H and O–H groups in total. The van der Waals surface area contributed by atoms with Crippen LogP contribution in [0.2, 0.25) is 0 Å². The number of rotatable bonds is 4. The fourth-order valence-electron chi connectivity index (χ4n) is 1.42. The number of benzene rings is 1. The van der Waals surface area contributed by atoms with Gasteiger partial charge in [0, 0.05) is 12.1 Å². The van der Waals surface area contributed by atoms with Gasteiger partial charge < -0.3 is 5.32 Å². The Morgan fingerprint density at radius 1 is 1.36 bits per heavy atom. The van der Waals surface area contributed by atoms with E-state index in [4.69, 9.17) is 0 Å². The first-order valence-electron chi connectivity index (χ1n) is 5.15. The van der Waals surface area contributed by atoms with E-state index >= 15 is 0 Å². The molecule has 0 saturated heterocycles. The maximum atomic E-state index is 12.9. The highest BCUT2D eigenvalue weighted by atomic mass is 19.1. The van der Waals surface area contributed by atoms with E-state index in [1.165, 1.54) is 6.07 Å². The zero-order valence-corrected chi connectivity index (χ0v) is 9.05. The Kier molecular flexibility index (Phi) is 4.08. The van der Waals surface area contributed by atoms with Crippen LogP contribution in [0.25, 0.3) is 0 Å². The van der Waals surface area contributed by atoms with E-state index in [1.807, 2.05) is 6.07 Å². The van der Waals surface area contributed by atoms with Gasteiger partial charge in [-0.25, -0.2) is 4.39 Å². The Morgan fingerprint density at radius 2 is 2.07 bits per heavy atom. The zero-order chi connectivity index (χ0) is 10.6. The Morgan fingerprint density at radius 3 is 2.64 bits per heavy atom. The van der Waals surface area contributed by atoms with Crippen molar-refractivity contribution in [3.63, 3.8) is 0 Å². The average molecular weight is 195 g/mol. The summed E-state index contributed by atoms with van der Waals surface area (Å²) in [5.74, 6) is -0.166. The van der Waals surface area contributed by atoms with Gasteiger partial charge in [0.25, 0.3) is 0 Å². The van der Waals surface area contributed by atoms with Crippen molar-refractivity contribution in [3.05, 3.63) is 35.6 Å². The zero-order valence-electron chi connectivity index (χ0n) is 9.05. The van der Waals surface area contributed by atoms with Crippen LogP contribution in [0.5, 0.6) is 0 Å². The minimum absolute atomic E-state index is 0.166. The predicted molar refractivity (Wildman–Crippen MR) is 57.7 cm³/mol. The van der Waals surface area contributed by atoms with E-state index in [9.17, 15) is 4.39 Å². The van der Waals surface area contributed by atoms with Gasteiger partial charge in [-0.15, -0.1) is 0 Å². The van der Waals surface area contributed by atoms with Gasteiger partial charge in [0.05, 0.1) is 0 Å². The van der Waals surface area contributed by atoms with Crippen LogP contribution in [-0.2, 0) is 0 Å². The van der Waals surface area contributed by atoms with Crippen molar-refractivity contribution in [2.75, 3.05) is 0 Å². The van der Waals surface area contributed by atoms with Crippen LogP contribution < -0.4 is 5.32 Å². The molecule has 0 unspecified atom stereocenters. The molecule has 1 aromatic rings. The summed E-state index contributed by atoms with van der Waals surface area (Å²) in [5.41, 5.74) is 1.00. The third-order valence-electron chi connectivity index (χ3n) is 2.50. The molecule has 0 amide bonds. The first-order chi connectivity index (χ1) is 6.63. The summed E-state index contributed by atoms with van der Waals surface area (Å²) in [5, 5.41) is 3.41. The van der Waals surface area contributed by atoms with Crippen molar-refractivity contribution in [1.29, 1.82) is 0 Å². The van der Waals surface area contributed by atoms with Crippen LogP contribution in [-0.4, -0.2) is 6.04 Å². The Bertz CT molecular complexity index is 285. The fourth-order valence-corrected chi connectivity index (χ4v) is 1.42. The standard InChI is InChI=1S/C12H18FN/c1-4-9(2)14-10(3)11-6-5-7-12(13)8-11/h5-10,14H,4H2,1-3H3/t9-,10+/m0/s1. The third kappa shape index (κ3) is 3.11. The molecule has 0 aliphatic heterocycles. The molecule has 0 heterocycles. The van der Waals surface area contributed by atoms with E-state index in [0.717, 1.165) is 12.0 Å². The lowest BCUT2D eigenvalue weighted by Crippen LogP contribution is -2.28. The first-order valence-corrected chi connectivity index (χ1v) is 5.15. The summed E-state index contributed by atoms with van der Waals surface area (Å²) < 4.78 is 12.9. The summed E-state index contributed by atoms with van der Waals surface area (Å²) >= 11 is 0. The second kappa shape index (κ2) is 5.11. The number of hydrogen-bond donors (Lipinski definition) is 1. The molecule has 0 aromatic heterocycles. The highest BCUT2D eigenvalue weighted by Crippen LogP contribution is 2.14. The second-order valence-corrected chi connectivity index (χ2v) is 3.75. The molecule has 2 heteroatoms. The van der Waals surface area contributed by atoms with Crippen molar-refractivity contribution in [1.82, 2.24) is 5.32 Å². The lowest BCUT2D eigenvalue weighted by atomic mass is 10.1. The van der Waals surface area contributed by atoms with Gasteiger partial charge in [-0.3, -0.25) is 0 Å². The van der Waals surface area contributed by atoms with Gasteiger partial charge in [0.15, 0.2) is 0 Å². The van der Waals surface area contributed by atoms with E-state index in [0.29, 0.717) is 6.04 Å². The van der Waals surface area contributed by atoms with Crippen LogP contribution >= 0.6 is 0 Å². The number of nitrogens with one attached hydrogen (secondary N) is 1. The maximum Gasteiger partial charge on any atom is 0.123 e. The molecule has 2 atom stereocenters. The molecule has 0 fully saturated rings. The topological polar surface area (TPSA) is 12.0 Å².